The summed E-state index contributed by atoms with van der Waals surface area (Å²) in [4.78, 5) is 18.1. The first-order valence-corrected chi connectivity index (χ1v) is 8.97. The maximum absolute atomic E-state index is 12.0. The molecule has 1 aromatic carbocycles. The van der Waals surface area contributed by atoms with Crippen molar-refractivity contribution in [2.45, 2.75) is 30.7 Å². The molecule has 7 nitrogen and oxygen atoms in total. The average Bonchev–Trinajstić information content (AvgIpc) is 2.81. The van der Waals surface area contributed by atoms with Crippen LogP contribution in [-0.4, -0.2) is 51.2 Å². The van der Waals surface area contributed by atoms with Crippen LogP contribution in [0.3, 0.4) is 0 Å². The van der Waals surface area contributed by atoms with Crippen LogP contribution in [0.15, 0.2) is 34.2 Å². The molecule has 0 fully saturated rings. The number of nitrogens with one attached hydrogen (secondary N) is 1. The highest BCUT2D eigenvalue weighted by molar-refractivity contribution is 7.90. The van der Waals surface area contributed by atoms with Crippen molar-refractivity contribution in [2.75, 3.05) is 20.1 Å². The van der Waals surface area contributed by atoms with Crippen molar-refractivity contribution in [3.8, 4) is 0 Å². The molecule has 1 aromatic rings. The van der Waals surface area contributed by atoms with Crippen LogP contribution in [0.5, 0.6) is 0 Å². The van der Waals surface area contributed by atoms with E-state index in [1.165, 1.54) is 0 Å². The highest BCUT2D eigenvalue weighted by Crippen LogP contribution is 2.22. The number of sulfonamides is 1. The van der Waals surface area contributed by atoms with Gasteiger partial charge in [0.05, 0.1) is 4.90 Å². The number of hydrogen-bond acceptors (Lipinski definition) is 5. The van der Waals surface area contributed by atoms with E-state index in [1.54, 1.807) is 36.2 Å². The third kappa shape index (κ3) is 4.46. The Hall–Kier alpha value is -1.64. The summed E-state index contributed by atoms with van der Waals surface area (Å²) in [5.74, 6) is 0.354. The Bertz CT molecular complexity index is 721. The van der Waals surface area contributed by atoms with Gasteiger partial charge in [-0.15, -0.1) is 12.4 Å². The summed E-state index contributed by atoms with van der Waals surface area (Å²) in [5, 5.41) is 0. The molecule has 0 aliphatic carbocycles. The number of carbonyl (C=O) groups excluding carboxylic acids is 1. The second kappa shape index (κ2) is 8.46. The van der Waals surface area contributed by atoms with Gasteiger partial charge in [0.2, 0.25) is 5.91 Å². The molecule has 9 heteroatoms. The molecule has 134 valence electrons. The number of hydrogen-bond donors (Lipinski definition) is 2. The predicted octanol–water partition coefficient (Wildman–Crippen LogP) is 0.733. The van der Waals surface area contributed by atoms with E-state index in [9.17, 15) is 13.2 Å². The van der Waals surface area contributed by atoms with E-state index in [-0.39, 0.29) is 29.3 Å². The zero-order valence-corrected chi connectivity index (χ0v) is 15.4. The third-order valence-corrected chi connectivity index (χ3v) is 5.27. The van der Waals surface area contributed by atoms with Gasteiger partial charge in [0.15, 0.2) is 0 Å². The zero-order valence-electron chi connectivity index (χ0n) is 13.7. The van der Waals surface area contributed by atoms with Gasteiger partial charge in [0.25, 0.3) is 10.0 Å². The maximum Gasteiger partial charge on any atom is 0.263 e. The van der Waals surface area contributed by atoms with Crippen LogP contribution >= 0.6 is 12.4 Å². The summed E-state index contributed by atoms with van der Waals surface area (Å²) in [6.07, 6.45) is 0.903. The summed E-state index contributed by atoms with van der Waals surface area (Å²) < 4.78 is 26.3. The lowest BCUT2D eigenvalue weighted by molar-refractivity contribution is -0.131. The van der Waals surface area contributed by atoms with Crippen molar-refractivity contribution in [1.29, 1.82) is 0 Å². The standard InChI is InChI=1S/C15H22N4O3S.ClH/c1-11(10-16)19(2)14(20)8-5-9-17-15-12-6-3-4-7-13(12)23(21,22)18-15;/h3-4,6-7,11H,5,8-10,16H2,1-2H3,(H,17,18);1H. The minimum absolute atomic E-state index is 0. The van der Waals surface area contributed by atoms with Crippen LogP contribution < -0.4 is 10.5 Å². The SMILES string of the molecule is CC(CN)N(C)C(=O)CCCN=C1NS(=O)(=O)c2ccccc21.Cl. The van der Waals surface area contributed by atoms with Crippen molar-refractivity contribution in [2.24, 2.45) is 10.7 Å². The Balaban J connectivity index is 0.00000288. The van der Waals surface area contributed by atoms with E-state index in [0.717, 1.165) is 0 Å². The van der Waals surface area contributed by atoms with Crippen LogP contribution in [0.4, 0.5) is 0 Å². The maximum atomic E-state index is 12.0. The van der Waals surface area contributed by atoms with Gasteiger partial charge in [-0.25, -0.2) is 8.42 Å². The zero-order chi connectivity index (χ0) is 17.0. The number of aliphatic imine (C=N–C) groups is 1. The molecule has 1 amide bonds. The molecule has 1 aliphatic rings. The first-order chi connectivity index (χ1) is 10.9. The molecule has 0 bridgehead atoms. The van der Waals surface area contributed by atoms with Gasteiger partial charge in [-0.1, -0.05) is 12.1 Å². The number of carbonyl (C=O) groups is 1. The van der Waals surface area contributed by atoms with Crippen LogP contribution in [0.2, 0.25) is 0 Å². The third-order valence-electron chi connectivity index (χ3n) is 3.88. The second-order valence-electron chi connectivity index (χ2n) is 5.52. The summed E-state index contributed by atoms with van der Waals surface area (Å²) >= 11 is 0. The molecule has 0 radical (unpaired) electrons. The number of rotatable bonds is 6. The van der Waals surface area contributed by atoms with E-state index >= 15 is 0 Å². The number of amidine groups is 1. The van der Waals surface area contributed by atoms with Gasteiger partial charge in [-0.05, 0) is 25.5 Å². The molecule has 0 saturated carbocycles. The van der Waals surface area contributed by atoms with Gasteiger partial charge in [0, 0.05) is 38.2 Å². The van der Waals surface area contributed by atoms with E-state index in [2.05, 4.69) is 9.71 Å². The Morgan fingerprint density at radius 1 is 1.38 bits per heavy atom. The minimum atomic E-state index is -3.51. The number of halogens is 1. The van der Waals surface area contributed by atoms with E-state index < -0.39 is 10.0 Å². The number of benzene rings is 1. The monoisotopic (exact) mass is 374 g/mol. The van der Waals surface area contributed by atoms with Crippen molar-refractivity contribution >= 4 is 34.2 Å². The molecule has 1 aliphatic heterocycles. The quantitative estimate of drug-likeness (QED) is 0.716. The van der Waals surface area contributed by atoms with E-state index in [0.29, 0.717) is 37.3 Å². The number of amides is 1. The van der Waals surface area contributed by atoms with Gasteiger partial charge in [-0.2, -0.15) is 0 Å². The Morgan fingerprint density at radius 3 is 2.71 bits per heavy atom. The molecular formula is C15H23ClN4O3S. The summed E-state index contributed by atoms with van der Waals surface area (Å²) in [6.45, 7) is 2.69. The molecule has 1 heterocycles. The lowest BCUT2D eigenvalue weighted by Gasteiger charge is -2.23. The van der Waals surface area contributed by atoms with Crippen LogP contribution in [-0.2, 0) is 14.8 Å². The largest absolute Gasteiger partial charge is 0.342 e. The molecule has 0 aromatic heterocycles. The Labute approximate surface area is 148 Å². The normalized spacial score (nSPS) is 17.5. The molecule has 1 unspecified atom stereocenters. The van der Waals surface area contributed by atoms with Crippen LogP contribution in [0, 0.1) is 0 Å². The molecule has 0 saturated heterocycles. The molecule has 0 spiro atoms. The van der Waals surface area contributed by atoms with Gasteiger partial charge < -0.3 is 10.6 Å². The summed E-state index contributed by atoms with van der Waals surface area (Å²) in [6, 6.07) is 6.71. The van der Waals surface area contributed by atoms with Crippen molar-refractivity contribution in [1.82, 2.24) is 9.62 Å². The number of fused-ring (bicyclic) bond motifs is 1. The smallest absolute Gasteiger partial charge is 0.263 e. The summed E-state index contributed by atoms with van der Waals surface area (Å²) in [5.41, 5.74) is 6.11. The van der Waals surface area contributed by atoms with E-state index in [4.69, 9.17) is 5.73 Å². The van der Waals surface area contributed by atoms with Gasteiger partial charge >= 0.3 is 0 Å². The van der Waals surface area contributed by atoms with Crippen molar-refractivity contribution < 1.29 is 13.2 Å². The van der Waals surface area contributed by atoms with Crippen molar-refractivity contribution in [3.05, 3.63) is 29.8 Å². The topological polar surface area (TPSA) is 105 Å². The number of nitrogens with zero attached hydrogens (tertiary/aromatic N) is 2. The minimum Gasteiger partial charge on any atom is -0.342 e. The first-order valence-electron chi connectivity index (χ1n) is 7.49. The molecular weight excluding hydrogens is 352 g/mol. The highest BCUT2D eigenvalue weighted by Gasteiger charge is 2.29. The lowest BCUT2D eigenvalue weighted by Crippen LogP contribution is -2.39. The number of likely N-dealkylation sites (N-methyl/N-ethyl adjacent to an activating group) is 1. The molecule has 3 N–H and O–H groups in total. The van der Waals surface area contributed by atoms with Gasteiger partial charge in [0.1, 0.15) is 5.84 Å². The fourth-order valence-electron chi connectivity index (χ4n) is 2.25. The number of nitrogens with two attached hydrogens (primary N) is 1. The van der Waals surface area contributed by atoms with Crippen LogP contribution in [0.25, 0.3) is 0 Å². The van der Waals surface area contributed by atoms with Gasteiger partial charge in [-0.3, -0.25) is 14.5 Å². The molecule has 1 atom stereocenters. The molecule has 24 heavy (non-hydrogen) atoms. The lowest BCUT2D eigenvalue weighted by atomic mass is 10.2. The Kier molecular flexibility index (Phi) is 7.19. The summed E-state index contributed by atoms with van der Waals surface area (Å²) in [7, 11) is -1.78. The van der Waals surface area contributed by atoms with E-state index in [1.807, 2.05) is 6.92 Å². The molecule has 2 rings (SSSR count). The fraction of sp³-hybridized carbons (Fsp3) is 0.467. The highest BCUT2D eigenvalue weighted by atomic mass is 35.5. The predicted molar refractivity (Wildman–Crippen MR) is 95.9 cm³/mol. The second-order valence-corrected chi connectivity index (χ2v) is 7.18. The fourth-order valence-corrected chi connectivity index (χ4v) is 3.50. The van der Waals surface area contributed by atoms with Crippen molar-refractivity contribution in [3.63, 3.8) is 0 Å². The average molecular weight is 375 g/mol. The first kappa shape index (κ1) is 20.4. The van der Waals surface area contributed by atoms with Crippen LogP contribution in [0.1, 0.15) is 25.3 Å². The Morgan fingerprint density at radius 2 is 2.04 bits per heavy atom.